The maximum atomic E-state index is 13.6. The highest BCUT2D eigenvalue weighted by Gasteiger charge is 2.36. The first-order chi connectivity index (χ1) is 16.3. The van der Waals surface area contributed by atoms with E-state index in [0.29, 0.717) is 11.7 Å². The molecule has 1 N–H and O–H groups in total. The van der Waals surface area contributed by atoms with Crippen LogP contribution in [0, 0.1) is 20.8 Å². The number of anilines is 2. The van der Waals surface area contributed by atoms with Gasteiger partial charge in [-0.2, -0.15) is 0 Å². The minimum atomic E-state index is -0.477. The molecule has 2 aromatic rings. The average Bonchev–Trinajstić information content (AvgIpc) is 2.72. The normalized spacial score (nSPS) is 18.7. The summed E-state index contributed by atoms with van der Waals surface area (Å²) >= 11 is 5.39. The van der Waals surface area contributed by atoms with Crippen LogP contribution in [0.5, 0.6) is 0 Å². The standard InChI is InChI=1S/C29H33N3O2S/c1-16(2)32-25-12-18(4)21(13-22(25)20(6)15-29(32,7)8)14-23-26(33)30-28(35)31(27(23)34)24-10-9-17(3)11-19(24)5/h9-16H,1-8H3,(H,30,33,35)/b23-14+. The number of fused-ring (bicyclic) bond motifs is 1. The van der Waals surface area contributed by atoms with Crippen molar-refractivity contribution in [2.24, 2.45) is 0 Å². The fourth-order valence-electron chi connectivity index (χ4n) is 5.40. The van der Waals surface area contributed by atoms with Gasteiger partial charge in [-0.05, 0) is 114 Å². The van der Waals surface area contributed by atoms with Crippen LogP contribution in [0.25, 0.3) is 11.6 Å². The van der Waals surface area contributed by atoms with Gasteiger partial charge in [0, 0.05) is 17.3 Å². The van der Waals surface area contributed by atoms with Crippen LogP contribution in [0.15, 0.2) is 42.0 Å². The van der Waals surface area contributed by atoms with Gasteiger partial charge in [-0.1, -0.05) is 23.8 Å². The molecule has 0 atom stereocenters. The van der Waals surface area contributed by atoms with Crippen molar-refractivity contribution < 1.29 is 9.59 Å². The molecule has 0 saturated carbocycles. The van der Waals surface area contributed by atoms with E-state index in [9.17, 15) is 9.59 Å². The maximum absolute atomic E-state index is 13.6. The van der Waals surface area contributed by atoms with Gasteiger partial charge in [0.2, 0.25) is 0 Å². The van der Waals surface area contributed by atoms with Crippen molar-refractivity contribution in [2.45, 2.75) is 67.0 Å². The molecule has 4 rings (SSSR count). The van der Waals surface area contributed by atoms with E-state index in [0.717, 1.165) is 27.8 Å². The van der Waals surface area contributed by atoms with Gasteiger partial charge in [-0.15, -0.1) is 0 Å². The summed E-state index contributed by atoms with van der Waals surface area (Å²) in [5, 5.41) is 2.80. The molecule has 0 aromatic heterocycles. The largest absolute Gasteiger partial charge is 0.360 e. The van der Waals surface area contributed by atoms with E-state index in [1.165, 1.54) is 16.2 Å². The summed E-state index contributed by atoms with van der Waals surface area (Å²) in [4.78, 5) is 30.3. The third-order valence-electron chi connectivity index (χ3n) is 6.77. The van der Waals surface area contributed by atoms with Crippen LogP contribution in [0.1, 0.15) is 62.4 Å². The number of aryl methyl sites for hydroxylation is 3. The van der Waals surface area contributed by atoms with Gasteiger partial charge in [0.05, 0.1) is 11.2 Å². The van der Waals surface area contributed by atoms with Gasteiger partial charge in [0.15, 0.2) is 5.11 Å². The number of nitrogens with one attached hydrogen (secondary N) is 1. The number of hydrogen-bond donors (Lipinski definition) is 1. The minimum Gasteiger partial charge on any atom is -0.360 e. The lowest BCUT2D eigenvalue weighted by molar-refractivity contribution is -0.122. The first-order valence-corrected chi connectivity index (χ1v) is 12.3. The van der Waals surface area contributed by atoms with Crippen molar-refractivity contribution in [1.82, 2.24) is 5.32 Å². The predicted octanol–water partition coefficient (Wildman–Crippen LogP) is 5.85. The summed E-state index contributed by atoms with van der Waals surface area (Å²) in [6.07, 6.45) is 3.97. The topological polar surface area (TPSA) is 52.7 Å². The Hall–Kier alpha value is -3.25. The number of thiocarbonyl (C=S) groups is 1. The van der Waals surface area contributed by atoms with Crippen molar-refractivity contribution in [3.05, 3.63) is 69.8 Å². The zero-order valence-electron chi connectivity index (χ0n) is 21.7. The second-order valence-corrected chi connectivity index (χ2v) is 10.8. The molecule has 0 bridgehead atoms. The molecule has 0 radical (unpaired) electrons. The van der Waals surface area contributed by atoms with Crippen molar-refractivity contribution in [2.75, 3.05) is 9.80 Å². The zero-order chi connectivity index (χ0) is 25.8. The van der Waals surface area contributed by atoms with Gasteiger partial charge >= 0.3 is 0 Å². The van der Waals surface area contributed by atoms with E-state index in [1.807, 2.05) is 39.0 Å². The lowest BCUT2D eigenvalue weighted by atomic mass is 9.85. The van der Waals surface area contributed by atoms with Gasteiger partial charge in [-0.3, -0.25) is 19.8 Å². The number of carbonyl (C=O) groups is 2. The highest BCUT2D eigenvalue weighted by atomic mass is 32.1. The van der Waals surface area contributed by atoms with Crippen molar-refractivity contribution in [3.8, 4) is 0 Å². The quantitative estimate of drug-likeness (QED) is 0.335. The molecule has 2 aromatic carbocycles. The summed E-state index contributed by atoms with van der Waals surface area (Å²) in [5.41, 5.74) is 7.94. The number of allylic oxidation sites excluding steroid dienone is 1. The van der Waals surface area contributed by atoms with Crippen molar-refractivity contribution >= 4 is 52.2 Å². The molecule has 1 fully saturated rings. The summed E-state index contributed by atoms with van der Waals surface area (Å²) in [6, 6.07) is 10.4. The molecule has 1 saturated heterocycles. The lowest BCUT2D eigenvalue weighted by Crippen LogP contribution is -2.54. The molecule has 182 valence electrons. The Bertz CT molecular complexity index is 1330. The molecule has 0 aliphatic carbocycles. The molecule has 2 aliphatic rings. The fourth-order valence-corrected chi connectivity index (χ4v) is 5.67. The Morgan fingerprint density at radius 1 is 0.971 bits per heavy atom. The number of amides is 2. The van der Waals surface area contributed by atoms with E-state index < -0.39 is 11.8 Å². The number of nitrogens with zero attached hydrogens (tertiary/aromatic N) is 2. The first-order valence-electron chi connectivity index (χ1n) is 11.9. The van der Waals surface area contributed by atoms with Gasteiger partial charge < -0.3 is 4.90 Å². The highest BCUT2D eigenvalue weighted by molar-refractivity contribution is 7.80. The SMILES string of the molecule is CC1=CC(C)(C)N(C(C)C)c2cc(C)c(/C=C3\C(=O)NC(=S)N(c4ccc(C)cc4C)C3=O)cc21. The number of carbonyl (C=O) groups excluding carboxylic acids is 2. The van der Waals surface area contributed by atoms with Crippen molar-refractivity contribution in [1.29, 1.82) is 0 Å². The van der Waals surface area contributed by atoms with Crippen LogP contribution in [0.3, 0.4) is 0 Å². The van der Waals surface area contributed by atoms with E-state index in [-0.39, 0.29) is 16.2 Å². The molecule has 35 heavy (non-hydrogen) atoms. The molecular weight excluding hydrogens is 454 g/mol. The fraction of sp³-hybridized carbons (Fsp3) is 0.345. The van der Waals surface area contributed by atoms with E-state index in [1.54, 1.807) is 6.08 Å². The molecule has 0 unspecified atom stereocenters. The Kier molecular flexibility index (Phi) is 6.22. The summed E-state index contributed by atoms with van der Waals surface area (Å²) in [5.74, 6) is -0.893. The second kappa shape index (κ2) is 8.76. The van der Waals surface area contributed by atoms with Crippen LogP contribution < -0.4 is 15.1 Å². The maximum Gasteiger partial charge on any atom is 0.270 e. The Morgan fingerprint density at radius 2 is 1.66 bits per heavy atom. The third-order valence-corrected chi connectivity index (χ3v) is 7.06. The monoisotopic (exact) mass is 487 g/mol. The number of hydrogen-bond acceptors (Lipinski definition) is 4. The zero-order valence-corrected chi connectivity index (χ0v) is 22.6. The molecule has 2 aliphatic heterocycles. The van der Waals surface area contributed by atoms with Crippen LogP contribution in [-0.2, 0) is 9.59 Å². The van der Waals surface area contributed by atoms with Gasteiger partial charge in [0.1, 0.15) is 5.57 Å². The molecule has 5 nitrogen and oxygen atoms in total. The summed E-state index contributed by atoms with van der Waals surface area (Å²) in [6.45, 7) is 16.9. The smallest absolute Gasteiger partial charge is 0.270 e. The van der Waals surface area contributed by atoms with E-state index in [2.05, 4.69) is 63.0 Å². The van der Waals surface area contributed by atoms with Crippen LogP contribution in [0.2, 0.25) is 0 Å². The first kappa shape index (κ1) is 24.9. The van der Waals surface area contributed by atoms with Gasteiger partial charge in [-0.25, -0.2) is 0 Å². The Labute approximate surface area is 213 Å². The Balaban J connectivity index is 1.82. The molecule has 0 spiro atoms. The summed E-state index contributed by atoms with van der Waals surface area (Å²) < 4.78 is 0. The van der Waals surface area contributed by atoms with E-state index >= 15 is 0 Å². The molecule has 2 heterocycles. The average molecular weight is 488 g/mol. The van der Waals surface area contributed by atoms with Crippen LogP contribution in [0.4, 0.5) is 11.4 Å². The van der Waals surface area contributed by atoms with Crippen LogP contribution >= 0.6 is 12.2 Å². The molecule has 2 amide bonds. The van der Waals surface area contributed by atoms with Crippen molar-refractivity contribution in [3.63, 3.8) is 0 Å². The van der Waals surface area contributed by atoms with E-state index in [4.69, 9.17) is 12.2 Å². The van der Waals surface area contributed by atoms with Crippen LogP contribution in [-0.4, -0.2) is 28.5 Å². The third kappa shape index (κ3) is 4.31. The predicted molar refractivity (Wildman–Crippen MR) is 149 cm³/mol. The van der Waals surface area contributed by atoms with Gasteiger partial charge in [0.25, 0.3) is 11.8 Å². The number of benzene rings is 2. The lowest BCUT2D eigenvalue weighted by Gasteiger charge is -2.46. The molecular formula is C29H33N3O2S. The molecule has 6 heteroatoms. The minimum absolute atomic E-state index is 0.0695. The Morgan fingerprint density at radius 3 is 2.29 bits per heavy atom. The second-order valence-electron chi connectivity index (χ2n) is 10.4. The summed E-state index contributed by atoms with van der Waals surface area (Å²) in [7, 11) is 0. The highest BCUT2D eigenvalue weighted by Crippen LogP contribution is 2.42. The number of rotatable bonds is 3.